The molecule has 1 unspecified atom stereocenters. The third-order valence-corrected chi connectivity index (χ3v) is 2.92. The van der Waals surface area contributed by atoms with Crippen LogP contribution in [0.4, 0.5) is 10.5 Å². The van der Waals surface area contributed by atoms with Crippen LogP contribution in [0.3, 0.4) is 0 Å². The molecule has 1 aromatic rings. The largest absolute Gasteiger partial charge is 0.480 e. The number of aliphatic carboxylic acids is 1. The predicted octanol–water partition coefficient (Wildman–Crippen LogP) is 2.71. The van der Waals surface area contributed by atoms with Crippen LogP contribution in [0.1, 0.15) is 20.3 Å². The topological polar surface area (TPSA) is 78.4 Å². The molecule has 0 saturated heterocycles. The van der Waals surface area contributed by atoms with E-state index in [-0.39, 0.29) is 6.42 Å². The van der Waals surface area contributed by atoms with Crippen molar-refractivity contribution in [3.63, 3.8) is 0 Å². The van der Waals surface area contributed by atoms with Crippen LogP contribution in [-0.2, 0) is 4.79 Å². The van der Waals surface area contributed by atoms with E-state index in [4.69, 9.17) is 16.7 Å². The molecular formula is C12H15ClN2O3. The van der Waals surface area contributed by atoms with Crippen molar-refractivity contribution in [3.8, 4) is 0 Å². The SMILES string of the molecule is CCC(C)(NC(=O)Nc1ccc(Cl)cc1)C(=O)O. The molecule has 1 atom stereocenters. The smallest absolute Gasteiger partial charge is 0.329 e. The van der Waals surface area contributed by atoms with Gasteiger partial charge in [0.1, 0.15) is 5.54 Å². The summed E-state index contributed by atoms with van der Waals surface area (Å²) in [4.78, 5) is 22.7. The van der Waals surface area contributed by atoms with Crippen molar-refractivity contribution < 1.29 is 14.7 Å². The second kappa shape index (κ2) is 5.73. The van der Waals surface area contributed by atoms with Crippen molar-refractivity contribution in [1.82, 2.24) is 5.32 Å². The maximum atomic E-state index is 11.7. The van der Waals surface area contributed by atoms with Crippen molar-refractivity contribution in [2.45, 2.75) is 25.8 Å². The maximum Gasteiger partial charge on any atom is 0.329 e. The zero-order valence-electron chi connectivity index (χ0n) is 10.2. The van der Waals surface area contributed by atoms with E-state index < -0.39 is 17.5 Å². The molecule has 3 N–H and O–H groups in total. The van der Waals surface area contributed by atoms with Crippen LogP contribution in [0, 0.1) is 0 Å². The van der Waals surface area contributed by atoms with Gasteiger partial charge in [-0.05, 0) is 37.6 Å². The van der Waals surface area contributed by atoms with E-state index in [0.29, 0.717) is 10.7 Å². The second-order valence-corrected chi connectivity index (χ2v) is 4.51. The summed E-state index contributed by atoms with van der Waals surface area (Å²) in [6, 6.07) is 5.96. The summed E-state index contributed by atoms with van der Waals surface area (Å²) in [5, 5.41) is 14.5. The number of amides is 2. The molecule has 1 rings (SSSR count). The summed E-state index contributed by atoms with van der Waals surface area (Å²) in [5.41, 5.74) is -0.739. The van der Waals surface area contributed by atoms with Crippen molar-refractivity contribution >= 4 is 29.3 Å². The van der Waals surface area contributed by atoms with E-state index in [2.05, 4.69) is 10.6 Å². The highest BCUT2D eigenvalue weighted by atomic mass is 35.5. The Balaban J connectivity index is 2.66. The molecule has 0 aliphatic rings. The predicted molar refractivity (Wildman–Crippen MR) is 69.9 cm³/mol. The first-order chi connectivity index (χ1) is 8.37. The van der Waals surface area contributed by atoms with Gasteiger partial charge in [-0.15, -0.1) is 0 Å². The van der Waals surface area contributed by atoms with E-state index in [1.165, 1.54) is 6.92 Å². The molecule has 0 aliphatic heterocycles. The molecule has 0 radical (unpaired) electrons. The lowest BCUT2D eigenvalue weighted by molar-refractivity contribution is -0.143. The Labute approximate surface area is 110 Å². The molecule has 2 amide bonds. The standard InChI is InChI=1S/C12H15ClN2O3/c1-3-12(2,10(16)17)15-11(18)14-9-6-4-8(13)5-7-9/h4-7H,3H2,1-2H3,(H,16,17)(H2,14,15,18). The lowest BCUT2D eigenvalue weighted by Gasteiger charge is -2.24. The van der Waals surface area contributed by atoms with E-state index in [0.717, 1.165) is 0 Å². The monoisotopic (exact) mass is 270 g/mol. The highest BCUT2D eigenvalue weighted by Gasteiger charge is 2.32. The molecule has 0 saturated carbocycles. The number of nitrogens with one attached hydrogen (secondary N) is 2. The molecular weight excluding hydrogens is 256 g/mol. The number of rotatable bonds is 4. The fourth-order valence-electron chi connectivity index (χ4n) is 1.24. The average Bonchev–Trinajstić information content (AvgIpc) is 2.31. The number of anilines is 1. The number of urea groups is 1. The molecule has 0 fully saturated rings. The summed E-state index contributed by atoms with van der Waals surface area (Å²) >= 11 is 5.71. The quantitative estimate of drug-likeness (QED) is 0.787. The number of benzene rings is 1. The Morgan fingerprint density at radius 3 is 2.33 bits per heavy atom. The molecule has 0 heterocycles. The van der Waals surface area contributed by atoms with Gasteiger partial charge in [0, 0.05) is 10.7 Å². The molecule has 5 nitrogen and oxygen atoms in total. The Kier molecular flexibility index (Phi) is 4.55. The number of carboxylic acids is 1. The fraction of sp³-hybridized carbons (Fsp3) is 0.333. The van der Waals surface area contributed by atoms with E-state index in [9.17, 15) is 9.59 Å². The van der Waals surface area contributed by atoms with Crippen LogP contribution in [-0.4, -0.2) is 22.6 Å². The van der Waals surface area contributed by atoms with Crippen molar-refractivity contribution in [2.75, 3.05) is 5.32 Å². The van der Waals surface area contributed by atoms with Gasteiger partial charge in [-0.25, -0.2) is 9.59 Å². The Morgan fingerprint density at radius 2 is 1.89 bits per heavy atom. The molecule has 0 aromatic heterocycles. The molecule has 0 aliphatic carbocycles. The third kappa shape index (κ3) is 3.63. The minimum atomic E-state index is -1.28. The highest BCUT2D eigenvalue weighted by Crippen LogP contribution is 2.14. The summed E-state index contributed by atoms with van der Waals surface area (Å²) in [6.07, 6.45) is 0.288. The summed E-state index contributed by atoms with van der Waals surface area (Å²) in [7, 11) is 0. The van der Waals surface area contributed by atoms with Crippen LogP contribution in [0.2, 0.25) is 5.02 Å². The van der Waals surface area contributed by atoms with Gasteiger partial charge >= 0.3 is 12.0 Å². The van der Waals surface area contributed by atoms with Crippen LogP contribution in [0.5, 0.6) is 0 Å². The van der Waals surface area contributed by atoms with E-state index in [1.54, 1.807) is 31.2 Å². The van der Waals surface area contributed by atoms with Crippen molar-refractivity contribution in [2.24, 2.45) is 0 Å². The minimum Gasteiger partial charge on any atom is -0.480 e. The number of carbonyl (C=O) groups excluding carboxylic acids is 1. The van der Waals surface area contributed by atoms with Gasteiger partial charge in [0.25, 0.3) is 0 Å². The molecule has 1 aromatic carbocycles. The Hall–Kier alpha value is -1.75. The summed E-state index contributed by atoms with van der Waals surface area (Å²) < 4.78 is 0. The van der Waals surface area contributed by atoms with Crippen LogP contribution in [0.25, 0.3) is 0 Å². The summed E-state index contributed by atoms with van der Waals surface area (Å²) in [6.45, 7) is 3.15. The molecule has 18 heavy (non-hydrogen) atoms. The van der Waals surface area contributed by atoms with Crippen molar-refractivity contribution in [1.29, 1.82) is 0 Å². The van der Waals surface area contributed by atoms with Gasteiger partial charge in [0.15, 0.2) is 0 Å². The number of halogens is 1. The minimum absolute atomic E-state index is 0.288. The van der Waals surface area contributed by atoms with Crippen LogP contribution >= 0.6 is 11.6 Å². The average molecular weight is 271 g/mol. The number of hydrogen-bond acceptors (Lipinski definition) is 2. The first-order valence-corrected chi connectivity index (χ1v) is 5.83. The molecule has 0 bridgehead atoms. The second-order valence-electron chi connectivity index (χ2n) is 4.08. The lowest BCUT2D eigenvalue weighted by Crippen LogP contribution is -2.53. The maximum absolute atomic E-state index is 11.7. The lowest BCUT2D eigenvalue weighted by atomic mass is 10.00. The van der Waals surface area contributed by atoms with Gasteiger partial charge in [-0.3, -0.25) is 0 Å². The first kappa shape index (κ1) is 14.3. The van der Waals surface area contributed by atoms with Crippen molar-refractivity contribution in [3.05, 3.63) is 29.3 Å². The zero-order chi connectivity index (χ0) is 13.8. The molecule has 6 heteroatoms. The van der Waals surface area contributed by atoms with E-state index >= 15 is 0 Å². The van der Waals surface area contributed by atoms with Gasteiger partial charge < -0.3 is 15.7 Å². The fourth-order valence-corrected chi connectivity index (χ4v) is 1.37. The van der Waals surface area contributed by atoms with Gasteiger partial charge in [-0.1, -0.05) is 18.5 Å². The van der Waals surface area contributed by atoms with E-state index in [1.807, 2.05) is 0 Å². The van der Waals surface area contributed by atoms with Gasteiger partial charge in [0.2, 0.25) is 0 Å². The number of carbonyl (C=O) groups is 2. The normalized spacial score (nSPS) is 13.5. The zero-order valence-corrected chi connectivity index (χ0v) is 10.9. The van der Waals surface area contributed by atoms with Gasteiger partial charge in [0.05, 0.1) is 0 Å². The third-order valence-electron chi connectivity index (χ3n) is 2.67. The summed E-state index contributed by atoms with van der Waals surface area (Å²) in [5.74, 6) is -1.07. The Bertz CT molecular complexity index is 447. The first-order valence-electron chi connectivity index (χ1n) is 5.45. The van der Waals surface area contributed by atoms with Crippen LogP contribution < -0.4 is 10.6 Å². The Morgan fingerprint density at radius 1 is 1.33 bits per heavy atom. The number of hydrogen-bond donors (Lipinski definition) is 3. The highest BCUT2D eigenvalue weighted by molar-refractivity contribution is 6.30. The number of carboxylic acid groups (broad SMARTS) is 1. The van der Waals surface area contributed by atoms with Gasteiger partial charge in [-0.2, -0.15) is 0 Å². The molecule has 98 valence electrons. The molecule has 0 spiro atoms. The van der Waals surface area contributed by atoms with Crippen LogP contribution in [0.15, 0.2) is 24.3 Å².